The van der Waals surface area contributed by atoms with E-state index in [2.05, 4.69) is 11.1 Å². The average Bonchev–Trinajstić information content (AvgIpc) is 2.78. The van der Waals surface area contributed by atoms with Crippen LogP contribution in [0.5, 0.6) is 5.88 Å². The molecule has 2 aromatic heterocycles. The van der Waals surface area contributed by atoms with Gasteiger partial charge in [0.2, 0.25) is 5.88 Å². The third kappa shape index (κ3) is 3.85. The highest BCUT2D eigenvalue weighted by Gasteiger charge is 2.18. The molecule has 0 aliphatic heterocycles. The second-order valence-corrected chi connectivity index (χ2v) is 6.43. The van der Waals surface area contributed by atoms with Gasteiger partial charge in [-0.2, -0.15) is 10.2 Å². The van der Waals surface area contributed by atoms with Crippen LogP contribution in [0.15, 0.2) is 72.8 Å². The molecule has 2 aromatic carbocycles. The molecule has 0 radical (unpaired) electrons. The smallest absolute Gasteiger partial charge is 0.234 e. The summed E-state index contributed by atoms with van der Waals surface area (Å²) in [6.45, 7) is 2.30. The lowest BCUT2D eigenvalue weighted by atomic mass is 9.97. The zero-order valence-electron chi connectivity index (χ0n) is 16.0. The van der Waals surface area contributed by atoms with Crippen molar-refractivity contribution in [2.24, 2.45) is 0 Å². The first-order valence-electron chi connectivity index (χ1n) is 9.46. The van der Waals surface area contributed by atoms with E-state index in [1.807, 2.05) is 91.9 Å². The molecule has 0 aliphatic carbocycles. The summed E-state index contributed by atoms with van der Waals surface area (Å²) < 4.78 is 5.68. The highest BCUT2D eigenvalue weighted by atomic mass is 16.5. The van der Waals surface area contributed by atoms with Gasteiger partial charge in [-0.05, 0) is 36.3 Å². The predicted molar refractivity (Wildman–Crippen MR) is 116 cm³/mol. The summed E-state index contributed by atoms with van der Waals surface area (Å²) >= 11 is 0. The standard InChI is InChI=1S/C25H19N3O/c1-2-29-25-22(17-26)23(19-11-7-4-8-12-19)21-16-15-20(27-24(21)28-25)14-13-18-9-5-3-6-10-18/h3-16H,2H2,1H3/b14-13+. The summed E-state index contributed by atoms with van der Waals surface area (Å²) in [6.07, 6.45) is 3.97. The molecule has 0 spiro atoms. The van der Waals surface area contributed by atoms with E-state index in [-0.39, 0.29) is 0 Å². The molecule has 140 valence electrons. The second kappa shape index (κ2) is 8.37. The van der Waals surface area contributed by atoms with Gasteiger partial charge in [-0.3, -0.25) is 0 Å². The number of pyridine rings is 2. The predicted octanol–water partition coefficient (Wildman–Crippen LogP) is 5.74. The summed E-state index contributed by atoms with van der Waals surface area (Å²) in [4.78, 5) is 9.26. The molecular formula is C25H19N3O. The van der Waals surface area contributed by atoms with Crippen molar-refractivity contribution < 1.29 is 4.74 Å². The van der Waals surface area contributed by atoms with Crippen LogP contribution in [0, 0.1) is 11.3 Å². The molecule has 29 heavy (non-hydrogen) atoms. The summed E-state index contributed by atoms with van der Waals surface area (Å²) in [5, 5.41) is 10.6. The number of nitrogens with zero attached hydrogens (tertiary/aromatic N) is 3. The second-order valence-electron chi connectivity index (χ2n) is 6.43. The Hall–Kier alpha value is -3.97. The molecule has 0 aliphatic rings. The number of rotatable bonds is 5. The summed E-state index contributed by atoms with van der Waals surface area (Å²) in [5.41, 5.74) is 4.61. The lowest BCUT2D eigenvalue weighted by Crippen LogP contribution is -2.02. The summed E-state index contributed by atoms with van der Waals surface area (Å²) in [5.74, 6) is 0.318. The Labute approximate surface area is 169 Å². The van der Waals surface area contributed by atoms with Crippen LogP contribution in [0.1, 0.15) is 23.7 Å². The molecule has 0 N–H and O–H groups in total. The van der Waals surface area contributed by atoms with Crippen molar-refractivity contribution in [1.82, 2.24) is 9.97 Å². The third-order valence-electron chi connectivity index (χ3n) is 4.54. The zero-order chi connectivity index (χ0) is 20.1. The first kappa shape index (κ1) is 18.4. The number of benzene rings is 2. The Balaban J connectivity index is 1.89. The van der Waals surface area contributed by atoms with Gasteiger partial charge in [0.05, 0.1) is 12.3 Å². The minimum atomic E-state index is 0.318. The molecule has 0 saturated heterocycles. The highest BCUT2D eigenvalue weighted by molar-refractivity contribution is 5.97. The fourth-order valence-electron chi connectivity index (χ4n) is 3.23. The van der Waals surface area contributed by atoms with Crippen molar-refractivity contribution in [2.45, 2.75) is 6.92 Å². The monoisotopic (exact) mass is 377 g/mol. The van der Waals surface area contributed by atoms with Crippen LogP contribution in [-0.4, -0.2) is 16.6 Å². The van der Waals surface area contributed by atoms with Crippen molar-refractivity contribution in [3.63, 3.8) is 0 Å². The van der Waals surface area contributed by atoms with E-state index in [0.29, 0.717) is 23.7 Å². The topological polar surface area (TPSA) is 58.8 Å². The number of hydrogen-bond donors (Lipinski definition) is 0. The number of hydrogen-bond acceptors (Lipinski definition) is 4. The number of fused-ring (bicyclic) bond motifs is 1. The van der Waals surface area contributed by atoms with Crippen LogP contribution >= 0.6 is 0 Å². The van der Waals surface area contributed by atoms with Gasteiger partial charge >= 0.3 is 0 Å². The van der Waals surface area contributed by atoms with E-state index in [1.165, 1.54) is 0 Å². The van der Waals surface area contributed by atoms with Crippen molar-refractivity contribution in [3.05, 3.63) is 89.6 Å². The summed E-state index contributed by atoms with van der Waals surface area (Å²) in [7, 11) is 0. The molecule has 0 saturated carbocycles. The van der Waals surface area contributed by atoms with Crippen molar-refractivity contribution in [1.29, 1.82) is 5.26 Å². The molecule has 0 atom stereocenters. The van der Waals surface area contributed by atoms with Gasteiger partial charge in [0.25, 0.3) is 0 Å². The Morgan fingerprint density at radius 2 is 1.62 bits per heavy atom. The third-order valence-corrected chi connectivity index (χ3v) is 4.54. The van der Waals surface area contributed by atoms with Gasteiger partial charge in [-0.15, -0.1) is 0 Å². The maximum atomic E-state index is 9.81. The number of ether oxygens (including phenoxy) is 1. The fourth-order valence-corrected chi connectivity index (χ4v) is 3.23. The Morgan fingerprint density at radius 3 is 2.31 bits per heavy atom. The van der Waals surface area contributed by atoms with E-state index in [4.69, 9.17) is 9.72 Å². The quantitative estimate of drug-likeness (QED) is 0.445. The highest BCUT2D eigenvalue weighted by Crippen LogP contribution is 2.35. The molecule has 4 rings (SSSR count). The summed E-state index contributed by atoms with van der Waals surface area (Å²) in [6, 6.07) is 26.1. The van der Waals surface area contributed by atoms with Crippen molar-refractivity contribution in [3.8, 4) is 23.1 Å². The Kier molecular flexibility index (Phi) is 5.31. The van der Waals surface area contributed by atoms with Crippen LogP contribution in [0.3, 0.4) is 0 Å². The first-order valence-corrected chi connectivity index (χ1v) is 9.46. The maximum absolute atomic E-state index is 9.81. The van der Waals surface area contributed by atoms with Gasteiger partial charge in [0.15, 0.2) is 5.65 Å². The normalized spacial score (nSPS) is 10.9. The van der Waals surface area contributed by atoms with E-state index >= 15 is 0 Å². The number of nitriles is 1. The SMILES string of the molecule is CCOc1nc2nc(/C=C/c3ccccc3)ccc2c(-c2ccccc2)c1C#N. The van der Waals surface area contributed by atoms with Crippen molar-refractivity contribution >= 4 is 23.2 Å². The molecule has 4 aromatic rings. The number of aromatic nitrogens is 2. The maximum Gasteiger partial charge on any atom is 0.234 e. The van der Waals surface area contributed by atoms with E-state index in [0.717, 1.165) is 27.8 Å². The van der Waals surface area contributed by atoms with Crippen LogP contribution in [-0.2, 0) is 0 Å². The zero-order valence-corrected chi connectivity index (χ0v) is 16.0. The molecule has 0 bridgehead atoms. The average molecular weight is 377 g/mol. The van der Waals surface area contributed by atoms with Gasteiger partial charge < -0.3 is 4.74 Å². The molecule has 2 heterocycles. The first-order chi connectivity index (χ1) is 14.3. The molecular weight excluding hydrogens is 358 g/mol. The van der Waals surface area contributed by atoms with Crippen LogP contribution in [0.4, 0.5) is 0 Å². The van der Waals surface area contributed by atoms with Crippen LogP contribution < -0.4 is 4.74 Å². The molecule has 0 amide bonds. The fraction of sp³-hybridized carbons (Fsp3) is 0.0800. The van der Waals surface area contributed by atoms with Crippen LogP contribution in [0.2, 0.25) is 0 Å². The lowest BCUT2D eigenvalue weighted by molar-refractivity contribution is 0.327. The van der Waals surface area contributed by atoms with E-state index in [9.17, 15) is 5.26 Å². The Bertz CT molecular complexity index is 1210. The van der Waals surface area contributed by atoms with Crippen molar-refractivity contribution in [2.75, 3.05) is 6.61 Å². The minimum Gasteiger partial charge on any atom is -0.477 e. The van der Waals surface area contributed by atoms with Crippen LogP contribution in [0.25, 0.3) is 34.3 Å². The molecule has 0 fully saturated rings. The van der Waals surface area contributed by atoms with E-state index < -0.39 is 0 Å². The van der Waals surface area contributed by atoms with Gasteiger partial charge in [-0.1, -0.05) is 66.7 Å². The largest absolute Gasteiger partial charge is 0.477 e. The van der Waals surface area contributed by atoms with E-state index in [1.54, 1.807) is 0 Å². The molecule has 0 unspecified atom stereocenters. The molecule has 4 nitrogen and oxygen atoms in total. The molecule has 4 heteroatoms. The van der Waals surface area contributed by atoms with Gasteiger partial charge in [0.1, 0.15) is 11.6 Å². The van der Waals surface area contributed by atoms with Gasteiger partial charge in [0, 0.05) is 10.9 Å². The van der Waals surface area contributed by atoms with Gasteiger partial charge in [-0.25, -0.2) is 4.98 Å². The Morgan fingerprint density at radius 1 is 0.897 bits per heavy atom. The minimum absolute atomic E-state index is 0.318. The lowest BCUT2D eigenvalue weighted by Gasteiger charge is -2.13.